The van der Waals surface area contributed by atoms with Crippen molar-refractivity contribution < 1.29 is 5.11 Å². The van der Waals surface area contributed by atoms with Gasteiger partial charge in [-0.25, -0.2) is 0 Å². The highest BCUT2D eigenvalue weighted by atomic mass is 16.3. The molecule has 1 heteroatoms. The van der Waals surface area contributed by atoms with E-state index >= 15 is 0 Å². The molecule has 1 unspecified atom stereocenters. The molecular weight excluding hydrogens is 232 g/mol. The Morgan fingerprint density at radius 3 is 2.05 bits per heavy atom. The molecule has 108 valence electrons. The summed E-state index contributed by atoms with van der Waals surface area (Å²) < 4.78 is 0. The minimum absolute atomic E-state index is 0.670. The maximum atomic E-state index is 10.6. The number of hydrogen-bond donors (Lipinski definition) is 1. The molecule has 0 aliphatic heterocycles. The zero-order chi connectivity index (χ0) is 14.1. The van der Waals surface area contributed by atoms with Crippen LogP contribution < -0.4 is 0 Å². The molecular formula is C18H30O. The maximum absolute atomic E-state index is 10.6. The molecule has 1 atom stereocenters. The lowest BCUT2D eigenvalue weighted by molar-refractivity contribution is 0.0448. The molecule has 0 heterocycles. The van der Waals surface area contributed by atoms with E-state index in [2.05, 4.69) is 38.1 Å². The van der Waals surface area contributed by atoms with E-state index in [-0.39, 0.29) is 0 Å². The van der Waals surface area contributed by atoms with E-state index in [0.717, 1.165) is 24.8 Å². The predicted molar refractivity (Wildman–Crippen MR) is 83.4 cm³/mol. The van der Waals surface area contributed by atoms with Gasteiger partial charge in [0.2, 0.25) is 0 Å². The molecule has 0 spiro atoms. The summed E-state index contributed by atoms with van der Waals surface area (Å²) in [6.45, 7) is 6.34. The van der Waals surface area contributed by atoms with Gasteiger partial charge in [0.05, 0.1) is 5.60 Å². The summed E-state index contributed by atoms with van der Waals surface area (Å²) in [7, 11) is 0. The first-order chi connectivity index (χ1) is 9.10. The van der Waals surface area contributed by atoms with Gasteiger partial charge in [0, 0.05) is 0 Å². The van der Waals surface area contributed by atoms with Crippen LogP contribution >= 0.6 is 0 Å². The third-order valence-electron chi connectivity index (χ3n) is 4.00. The van der Waals surface area contributed by atoms with E-state index in [4.69, 9.17) is 0 Å². The van der Waals surface area contributed by atoms with Crippen LogP contribution in [0.4, 0.5) is 0 Å². The molecule has 0 saturated carbocycles. The van der Waals surface area contributed by atoms with Crippen LogP contribution in [0.2, 0.25) is 0 Å². The summed E-state index contributed by atoms with van der Waals surface area (Å²) in [5, 5.41) is 10.6. The first kappa shape index (κ1) is 16.2. The lowest BCUT2D eigenvalue weighted by Gasteiger charge is -2.24. The molecule has 1 aromatic rings. The Morgan fingerprint density at radius 2 is 1.47 bits per heavy atom. The number of rotatable bonds is 9. The zero-order valence-electron chi connectivity index (χ0n) is 12.9. The lowest BCUT2D eigenvalue weighted by Crippen LogP contribution is -2.20. The number of benzene rings is 1. The SMILES string of the molecule is CCCCCCCCC(C)(O)c1ccc(CC)cc1. The highest BCUT2D eigenvalue weighted by molar-refractivity contribution is 5.26. The Bertz CT molecular complexity index is 337. The van der Waals surface area contributed by atoms with Crippen molar-refractivity contribution in [1.82, 2.24) is 0 Å². The first-order valence-electron chi connectivity index (χ1n) is 7.92. The molecule has 0 aliphatic rings. The molecule has 0 bridgehead atoms. The highest BCUT2D eigenvalue weighted by Crippen LogP contribution is 2.27. The van der Waals surface area contributed by atoms with Crippen molar-refractivity contribution in [2.75, 3.05) is 0 Å². The fourth-order valence-corrected chi connectivity index (χ4v) is 2.49. The van der Waals surface area contributed by atoms with Gasteiger partial charge in [-0.05, 0) is 30.9 Å². The topological polar surface area (TPSA) is 20.2 Å². The monoisotopic (exact) mass is 262 g/mol. The van der Waals surface area contributed by atoms with Crippen molar-refractivity contribution in [1.29, 1.82) is 0 Å². The second kappa shape index (κ2) is 8.37. The van der Waals surface area contributed by atoms with E-state index in [0.29, 0.717) is 0 Å². The molecule has 1 N–H and O–H groups in total. The van der Waals surface area contributed by atoms with Crippen LogP contribution in [-0.2, 0) is 12.0 Å². The van der Waals surface area contributed by atoms with E-state index in [1.807, 2.05) is 6.92 Å². The van der Waals surface area contributed by atoms with Gasteiger partial charge in [-0.1, -0.05) is 76.6 Å². The number of hydrogen-bond acceptors (Lipinski definition) is 1. The molecule has 1 rings (SSSR count). The zero-order valence-corrected chi connectivity index (χ0v) is 12.9. The quantitative estimate of drug-likeness (QED) is 0.606. The van der Waals surface area contributed by atoms with E-state index in [9.17, 15) is 5.11 Å². The van der Waals surface area contributed by atoms with Crippen molar-refractivity contribution in [2.45, 2.75) is 77.7 Å². The second-order valence-electron chi connectivity index (χ2n) is 5.84. The number of unbranched alkanes of at least 4 members (excludes halogenated alkanes) is 5. The molecule has 0 fully saturated rings. The summed E-state index contributed by atoms with van der Waals surface area (Å²) in [6, 6.07) is 8.42. The Kier molecular flexibility index (Phi) is 7.15. The summed E-state index contributed by atoms with van der Waals surface area (Å²) >= 11 is 0. The minimum atomic E-state index is -0.670. The molecule has 0 aromatic heterocycles. The van der Waals surface area contributed by atoms with Gasteiger partial charge in [-0.15, -0.1) is 0 Å². The van der Waals surface area contributed by atoms with Crippen LogP contribution in [0.3, 0.4) is 0 Å². The smallest absolute Gasteiger partial charge is 0.0868 e. The van der Waals surface area contributed by atoms with Crippen LogP contribution in [0, 0.1) is 0 Å². The lowest BCUT2D eigenvalue weighted by atomic mass is 9.89. The van der Waals surface area contributed by atoms with Gasteiger partial charge in [0.25, 0.3) is 0 Å². The van der Waals surface area contributed by atoms with Crippen LogP contribution in [-0.4, -0.2) is 5.11 Å². The van der Waals surface area contributed by atoms with Crippen LogP contribution in [0.25, 0.3) is 0 Å². The summed E-state index contributed by atoms with van der Waals surface area (Å²) in [5.74, 6) is 0. The van der Waals surface area contributed by atoms with Crippen LogP contribution in [0.15, 0.2) is 24.3 Å². The van der Waals surface area contributed by atoms with Crippen molar-refractivity contribution in [3.8, 4) is 0 Å². The van der Waals surface area contributed by atoms with Gasteiger partial charge in [-0.3, -0.25) is 0 Å². The normalized spacial score (nSPS) is 14.3. The van der Waals surface area contributed by atoms with Gasteiger partial charge < -0.3 is 5.11 Å². The van der Waals surface area contributed by atoms with Crippen LogP contribution in [0.5, 0.6) is 0 Å². The van der Waals surface area contributed by atoms with Crippen molar-refractivity contribution in [3.05, 3.63) is 35.4 Å². The van der Waals surface area contributed by atoms with Crippen molar-refractivity contribution in [2.24, 2.45) is 0 Å². The summed E-state index contributed by atoms with van der Waals surface area (Å²) in [6.07, 6.45) is 9.55. The molecule has 0 radical (unpaired) electrons. The molecule has 19 heavy (non-hydrogen) atoms. The van der Waals surface area contributed by atoms with Gasteiger partial charge in [-0.2, -0.15) is 0 Å². The highest BCUT2D eigenvalue weighted by Gasteiger charge is 2.21. The molecule has 0 saturated heterocycles. The van der Waals surface area contributed by atoms with E-state index < -0.39 is 5.60 Å². The van der Waals surface area contributed by atoms with Gasteiger partial charge in [0.1, 0.15) is 0 Å². The third-order valence-corrected chi connectivity index (χ3v) is 4.00. The first-order valence-corrected chi connectivity index (χ1v) is 7.92. The molecule has 0 aliphatic carbocycles. The minimum Gasteiger partial charge on any atom is -0.385 e. The third kappa shape index (κ3) is 5.78. The van der Waals surface area contributed by atoms with Gasteiger partial charge >= 0.3 is 0 Å². The molecule has 0 amide bonds. The largest absolute Gasteiger partial charge is 0.385 e. The molecule has 1 nitrogen and oxygen atoms in total. The van der Waals surface area contributed by atoms with Crippen molar-refractivity contribution >= 4 is 0 Å². The Hall–Kier alpha value is -0.820. The number of aliphatic hydroxyl groups is 1. The fourth-order valence-electron chi connectivity index (χ4n) is 2.49. The predicted octanol–water partition coefficient (Wildman–Crippen LogP) is 5.21. The average Bonchev–Trinajstić information content (AvgIpc) is 2.43. The number of aryl methyl sites for hydroxylation is 1. The fraction of sp³-hybridized carbons (Fsp3) is 0.667. The second-order valence-corrected chi connectivity index (χ2v) is 5.84. The summed E-state index contributed by atoms with van der Waals surface area (Å²) in [4.78, 5) is 0. The van der Waals surface area contributed by atoms with Crippen LogP contribution in [0.1, 0.15) is 76.8 Å². The van der Waals surface area contributed by atoms with E-state index in [1.54, 1.807) is 0 Å². The van der Waals surface area contributed by atoms with Gasteiger partial charge in [0.15, 0.2) is 0 Å². The standard InChI is InChI=1S/C18H30O/c1-4-6-7-8-9-10-15-18(3,19)17-13-11-16(5-2)12-14-17/h11-14,19H,4-10,15H2,1-3H3. The van der Waals surface area contributed by atoms with E-state index in [1.165, 1.54) is 37.7 Å². The Labute approximate surface area is 119 Å². The summed E-state index contributed by atoms with van der Waals surface area (Å²) in [5.41, 5.74) is 1.72. The maximum Gasteiger partial charge on any atom is 0.0868 e. The average molecular weight is 262 g/mol. The Morgan fingerprint density at radius 1 is 0.895 bits per heavy atom. The Balaban J connectivity index is 2.37. The molecule has 1 aromatic carbocycles. The van der Waals surface area contributed by atoms with Crippen molar-refractivity contribution in [3.63, 3.8) is 0 Å².